The number of hydrogen-bond donors (Lipinski definition) is 1. The summed E-state index contributed by atoms with van der Waals surface area (Å²) >= 11 is 0. The van der Waals surface area contributed by atoms with Crippen LogP contribution < -0.4 is 5.32 Å². The van der Waals surface area contributed by atoms with Gasteiger partial charge in [0.1, 0.15) is 5.82 Å². The highest BCUT2D eigenvalue weighted by molar-refractivity contribution is 5.35. The first-order chi connectivity index (χ1) is 9.35. The van der Waals surface area contributed by atoms with Gasteiger partial charge in [-0.15, -0.1) is 0 Å². The van der Waals surface area contributed by atoms with Gasteiger partial charge in [0.15, 0.2) is 0 Å². The van der Waals surface area contributed by atoms with Gasteiger partial charge in [-0.25, -0.2) is 4.98 Å². The molecule has 2 aliphatic rings. The Morgan fingerprint density at radius 3 is 2.58 bits per heavy atom. The zero-order chi connectivity index (χ0) is 13.1. The molecule has 1 saturated carbocycles. The minimum absolute atomic E-state index is 0.920. The van der Waals surface area contributed by atoms with Crippen molar-refractivity contribution in [3.8, 4) is 0 Å². The molecule has 104 valence electrons. The summed E-state index contributed by atoms with van der Waals surface area (Å²) in [6.07, 6.45) is 4.86. The van der Waals surface area contributed by atoms with Crippen LogP contribution in [0.15, 0.2) is 18.3 Å². The first-order valence-electron chi connectivity index (χ1n) is 7.50. The molecular weight excluding hydrogens is 236 g/mol. The Hall–Kier alpha value is -1.13. The van der Waals surface area contributed by atoms with Gasteiger partial charge in [0.05, 0.1) is 0 Å². The maximum atomic E-state index is 4.44. The maximum Gasteiger partial charge on any atom is 0.125 e. The lowest BCUT2D eigenvalue weighted by Crippen LogP contribution is -2.46. The van der Waals surface area contributed by atoms with Gasteiger partial charge in [-0.05, 0) is 31.4 Å². The van der Waals surface area contributed by atoms with Gasteiger partial charge in [-0.1, -0.05) is 6.07 Å². The molecule has 3 rings (SSSR count). The minimum atomic E-state index is 0.920. The van der Waals surface area contributed by atoms with Crippen LogP contribution in [0.1, 0.15) is 25.3 Å². The Bertz CT molecular complexity index is 391. The highest BCUT2D eigenvalue weighted by Crippen LogP contribution is 2.27. The molecule has 4 heteroatoms. The summed E-state index contributed by atoms with van der Waals surface area (Å²) in [6, 6.07) is 5.19. The van der Waals surface area contributed by atoms with E-state index in [1.165, 1.54) is 44.6 Å². The van der Waals surface area contributed by atoms with Crippen LogP contribution in [-0.4, -0.2) is 53.5 Å². The van der Waals surface area contributed by atoms with Gasteiger partial charge in [-0.3, -0.25) is 9.80 Å². The average Bonchev–Trinajstić information content (AvgIpc) is 3.27. The Kier molecular flexibility index (Phi) is 3.99. The monoisotopic (exact) mass is 260 g/mol. The zero-order valence-electron chi connectivity index (χ0n) is 11.8. The number of anilines is 1. The van der Waals surface area contributed by atoms with Crippen molar-refractivity contribution in [2.45, 2.75) is 32.4 Å². The molecule has 0 unspecified atom stereocenters. The van der Waals surface area contributed by atoms with Crippen LogP contribution in [-0.2, 0) is 6.54 Å². The molecular formula is C15H24N4. The van der Waals surface area contributed by atoms with E-state index in [1.54, 1.807) is 0 Å². The maximum absolute atomic E-state index is 4.44. The standard InChI is InChI=1S/C15H24N4/c1-2-16-15-6-3-13(11-17-15)12-18-7-9-19(10-8-18)14-4-5-14/h3,6,11,14H,2,4-5,7-10,12H2,1H3,(H,16,17). The van der Waals surface area contributed by atoms with E-state index in [4.69, 9.17) is 0 Å². The smallest absolute Gasteiger partial charge is 0.125 e. The van der Waals surface area contributed by atoms with Crippen molar-refractivity contribution in [1.29, 1.82) is 0 Å². The quantitative estimate of drug-likeness (QED) is 0.874. The molecule has 19 heavy (non-hydrogen) atoms. The molecule has 0 aromatic carbocycles. The number of nitrogens with one attached hydrogen (secondary N) is 1. The van der Waals surface area contributed by atoms with Crippen LogP contribution in [0.3, 0.4) is 0 Å². The van der Waals surface area contributed by atoms with Crippen molar-refractivity contribution in [3.63, 3.8) is 0 Å². The van der Waals surface area contributed by atoms with Gasteiger partial charge in [-0.2, -0.15) is 0 Å². The van der Waals surface area contributed by atoms with Crippen molar-refractivity contribution >= 4 is 5.82 Å². The lowest BCUT2D eigenvalue weighted by atomic mass is 10.2. The van der Waals surface area contributed by atoms with Crippen molar-refractivity contribution < 1.29 is 0 Å². The molecule has 0 spiro atoms. The lowest BCUT2D eigenvalue weighted by molar-refractivity contribution is 0.121. The summed E-state index contributed by atoms with van der Waals surface area (Å²) in [6.45, 7) is 8.94. The zero-order valence-corrected chi connectivity index (χ0v) is 11.8. The fourth-order valence-corrected chi connectivity index (χ4v) is 2.79. The number of nitrogens with zero attached hydrogens (tertiary/aromatic N) is 3. The lowest BCUT2D eigenvalue weighted by Gasteiger charge is -2.34. The Labute approximate surface area is 115 Å². The SMILES string of the molecule is CCNc1ccc(CN2CCN(C3CC3)CC2)cn1. The van der Waals surface area contributed by atoms with Gasteiger partial charge in [0, 0.05) is 51.5 Å². The third-order valence-corrected chi connectivity index (χ3v) is 4.06. The number of hydrogen-bond acceptors (Lipinski definition) is 4. The first kappa shape index (κ1) is 12.9. The second kappa shape index (κ2) is 5.88. The van der Waals surface area contributed by atoms with Gasteiger partial charge in [0.2, 0.25) is 0 Å². The summed E-state index contributed by atoms with van der Waals surface area (Å²) in [5, 5.41) is 3.23. The largest absolute Gasteiger partial charge is 0.370 e. The van der Waals surface area contributed by atoms with Crippen molar-refractivity contribution in [3.05, 3.63) is 23.9 Å². The van der Waals surface area contributed by atoms with Crippen LogP contribution in [0.4, 0.5) is 5.82 Å². The molecule has 0 atom stereocenters. The molecule has 0 radical (unpaired) electrons. The summed E-state index contributed by atoms with van der Waals surface area (Å²) in [5.74, 6) is 0.977. The molecule has 1 aromatic heterocycles. The molecule has 4 nitrogen and oxygen atoms in total. The van der Waals surface area contributed by atoms with E-state index in [9.17, 15) is 0 Å². The second-order valence-electron chi connectivity index (χ2n) is 5.63. The second-order valence-corrected chi connectivity index (χ2v) is 5.63. The van der Waals surface area contributed by atoms with Crippen molar-refractivity contribution in [1.82, 2.24) is 14.8 Å². The summed E-state index contributed by atoms with van der Waals surface area (Å²) in [4.78, 5) is 9.64. The van der Waals surface area contributed by atoms with Crippen LogP contribution in [0, 0.1) is 0 Å². The normalized spacial score (nSPS) is 21.5. The number of aromatic nitrogens is 1. The molecule has 2 fully saturated rings. The molecule has 1 aliphatic heterocycles. The molecule has 0 amide bonds. The number of rotatable bonds is 5. The van der Waals surface area contributed by atoms with Crippen LogP contribution >= 0.6 is 0 Å². The average molecular weight is 260 g/mol. The van der Waals surface area contributed by atoms with Gasteiger partial charge in [0.25, 0.3) is 0 Å². The first-order valence-corrected chi connectivity index (χ1v) is 7.50. The van der Waals surface area contributed by atoms with Crippen molar-refractivity contribution in [2.75, 3.05) is 38.0 Å². The summed E-state index contributed by atoms with van der Waals surface area (Å²) in [7, 11) is 0. The van der Waals surface area contributed by atoms with E-state index in [-0.39, 0.29) is 0 Å². The van der Waals surface area contributed by atoms with E-state index >= 15 is 0 Å². The summed E-state index contributed by atoms with van der Waals surface area (Å²) in [5.41, 5.74) is 1.32. The molecule has 0 bridgehead atoms. The van der Waals surface area contributed by atoms with E-state index in [1.807, 2.05) is 6.20 Å². The van der Waals surface area contributed by atoms with E-state index < -0.39 is 0 Å². The molecule has 1 aliphatic carbocycles. The molecule has 1 N–H and O–H groups in total. The Morgan fingerprint density at radius 2 is 2.00 bits per heavy atom. The third-order valence-electron chi connectivity index (χ3n) is 4.06. The Morgan fingerprint density at radius 1 is 1.21 bits per heavy atom. The van der Waals surface area contributed by atoms with Crippen LogP contribution in [0.2, 0.25) is 0 Å². The highest BCUT2D eigenvalue weighted by Gasteiger charge is 2.30. The topological polar surface area (TPSA) is 31.4 Å². The molecule has 1 saturated heterocycles. The number of pyridine rings is 1. The number of piperazine rings is 1. The van der Waals surface area contributed by atoms with E-state index in [2.05, 4.69) is 39.2 Å². The molecule has 1 aromatic rings. The predicted octanol–water partition coefficient (Wildman–Crippen LogP) is 1.79. The Balaban J connectivity index is 1.48. The van der Waals surface area contributed by atoms with Crippen LogP contribution in [0.5, 0.6) is 0 Å². The minimum Gasteiger partial charge on any atom is -0.370 e. The fraction of sp³-hybridized carbons (Fsp3) is 0.667. The predicted molar refractivity (Wildman–Crippen MR) is 78.3 cm³/mol. The highest BCUT2D eigenvalue weighted by atomic mass is 15.3. The molecule has 2 heterocycles. The van der Waals surface area contributed by atoms with Crippen LogP contribution in [0.25, 0.3) is 0 Å². The van der Waals surface area contributed by atoms with Gasteiger partial charge < -0.3 is 5.32 Å². The fourth-order valence-electron chi connectivity index (χ4n) is 2.79. The van der Waals surface area contributed by atoms with E-state index in [0.717, 1.165) is 24.9 Å². The van der Waals surface area contributed by atoms with E-state index in [0.29, 0.717) is 0 Å². The third kappa shape index (κ3) is 3.45. The van der Waals surface area contributed by atoms with Crippen molar-refractivity contribution in [2.24, 2.45) is 0 Å². The van der Waals surface area contributed by atoms with Gasteiger partial charge >= 0.3 is 0 Å². The summed E-state index contributed by atoms with van der Waals surface area (Å²) < 4.78 is 0.